The standard InChI is InChI=1S/C25H20F2N2O3/c1-32-24-18(6-3-9-28-24)22-19-11-14-4-2-5-15(14)12-21(19)29(23(22)25(30)31)13-16-10-17(26)7-8-20(16)27/h3,6-12H,2,4-5,13H2,1H3,(H,30,31). The van der Waals surface area contributed by atoms with Crippen LogP contribution in [0.5, 0.6) is 5.88 Å². The van der Waals surface area contributed by atoms with Gasteiger partial charge in [-0.15, -0.1) is 0 Å². The first kappa shape index (κ1) is 20.2. The molecule has 5 rings (SSSR count). The number of aryl methyl sites for hydroxylation is 2. The number of halogens is 2. The van der Waals surface area contributed by atoms with Crippen LogP contribution in [0.3, 0.4) is 0 Å². The van der Waals surface area contributed by atoms with Gasteiger partial charge in [-0.2, -0.15) is 0 Å². The number of methoxy groups -OCH3 is 1. The molecule has 0 spiro atoms. The Morgan fingerprint density at radius 1 is 1.16 bits per heavy atom. The Hall–Kier alpha value is -3.74. The van der Waals surface area contributed by atoms with Crippen LogP contribution in [0, 0.1) is 11.6 Å². The van der Waals surface area contributed by atoms with Gasteiger partial charge in [-0.25, -0.2) is 18.6 Å². The number of fused-ring (bicyclic) bond motifs is 2. The lowest BCUT2D eigenvalue weighted by molar-refractivity contribution is 0.0687. The van der Waals surface area contributed by atoms with E-state index in [0.29, 0.717) is 22.5 Å². The van der Waals surface area contributed by atoms with Crippen molar-refractivity contribution in [1.82, 2.24) is 9.55 Å². The zero-order valence-corrected chi connectivity index (χ0v) is 17.4. The van der Waals surface area contributed by atoms with Crippen molar-refractivity contribution in [3.63, 3.8) is 0 Å². The molecule has 162 valence electrons. The summed E-state index contributed by atoms with van der Waals surface area (Å²) in [5, 5.41) is 11.0. The van der Waals surface area contributed by atoms with Gasteiger partial charge in [0.05, 0.1) is 13.7 Å². The molecule has 2 aromatic carbocycles. The second-order valence-electron chi connectivity index (χ2n) is 7.90. The van der Waals surface area contributed by atoms with Crippen molar-refractivity contribution in [2.24, 2.45) is 0 Å². The number of benzene rings is 2. The fourth-order valence-corrected chi connectivity index (χ4v) is 4.66. The molecule has 0 aliphatic heterocycles. The molecule has 0 bridgehead atoms. The van der Waals surface area contributed by atoms with Crippen LogP contribution in [0.2, 0.25) is 0 Å². The van der Waals surface area contributed by atoms with Gasteiger partial charge in [-0.3, -0.25) is 0 Å². The molecule has 32 heavy (non-hydrogen) atoms. The normalized spacial score (nSPS) is 12.8. The maximum absolute atomic E-state index is 14.5. The Bertz CT molecular complexity index is 1380. The third kappa shape index (κ3) is 3.21. The summed E-state index contributed by atoms with van der Waals surface area (Å²) >= 11 is 0. The summed E-state index contributed by atoms with van der Waals surface area (Å²) < 4.78 is 35.3. The lowest BCUT2D eigenvalue weighted by Gasteiger charge is -2.11. The second kappa shape index (κ2) is 7.75. The van der Waals surface area contributed by atoms with E-state index >= 15 is 0 Å². The molecular formula is C25H20F2N2O3. The van der Waals surface area contributed by atoms with Gasteiger partial charge >= 0.3 is 5.97 Å². The van der Waals surface area contributed by atoms with Crippen LogP contribution in [-0.2, 0) is 19.4 Å². The third-order valence-electron chi connectivity index (χ3n) is 6.05. The number of hydrogen-bond donors (Lipinski definition) is 1. The minimum absolute atomic E-state index is 0.0152. The molecule has 7 heteroatoms. The smallest absolute Gasteiger partial charge is 0.353 e. The van der Waals surface area contributed by atoms with Gasteiger partial charge in [-0.1, -0.05) is 0 Å². The first-order valence-corrected chi connectivity index (χ1v) is 10.3. The van der Waals surface area contributed by atoms with Crippen LogP contribution >= 0.6 is 0 Å². The van der Waals surface area contributed by atoms with Crippen molar-refractivity contribution in [1.29, 1.82) is 0 Å². The molecule has 1 N–H and O–H groups in total. The SMILES string of the molecule is COc1ncccc1-c1c(C(=O)O)n(Cc2cc(F)ccc2F)c2cc3c(cc12)CCC3. The average molecular weight is 434 g/mol. The van der Waals surface area contributed by atoms with Crippen LogP contribution < -0.4 is 4.74 Å². The summed E-state index contributed by atoms with van der Waals surface area (Å²) in [6.07, 6.45) is 4.42. The molecule has 0 radical (unpaired) electrons. The molecule has 0 saturated heterocycles. The van der Waals surface area contributed by atoms with E-state index in [4.69, 9.17) is 4.74 Å². The molecule has 1 aliphatic carbocycles. The monoisotopic (exact) mass is 434 g/mol. The van der Waals surface area contributed by atoms with Crippen LogP contribution in [0.1, 0.15) is 33.6 Å². The summed E-state index contributed by atoms with van der Waals surface area (Å²) in [6, 6.07) is 10.7. The van der Waals surface area contributed by atoms with Gasteiger partial charge in [0.15, 0.2) is 0 Å². The van der Waals surface area contributed by atoms with E-state index in [9.17, 15) is 18.7 Å². The number of hydrogen-bond acceptors (Lipinski definition) is 3. The first-order valence-electron chi connectivity index (χ1n) is 10.3. The van der Waals surface area contributed by atoms with Crippen LogP contribution in [0.4, 0.5) is 8.78 Å². The van der Waals surface area contributed by atoms with Crippen LogP contribution in [0.25, 0.3) is 22.0 Å². The molecule has 0 saturated carbocycles. The largest absolute Gasteiger partial charge is 0.481 e. The molecule has 4 aromatic rings. The summed E-state index contributed by atoms with van der Waals surface area (Å²) in [4.78, 5) is 16.8. The number of ether oxygens (including phenoxy) is 1. The maximum Gasteiger partial charge on any atom is 0.353 e. The number of aromatic carboxylic acids is 1. The Balaban J connectivity index is 1.86. The Morgan fingerprint density at radius 2 is 1.94 bits per heavy atom. The number of aromatic nitrogens is 2. The molecule has 5 nitrogen and oxygen atoms in total. The quantitative estimate of drug-likeness (QED) is 0.468. The van der Waals surface area contributed by atoms with Crippen molar-refractivity contribution < 1.29 is 23.4 Å². The van der Waals surface area contributed by atoms with Crippen LogP contribution in [0.15, 0.2) is 48.7 Å². The van der Waals surface area contributed by atoms with Crippen molar-refractivity contribution in [2.45, 2.75) is 25.8 Å². The van der Waals surface area contributed by atoms with Crippen molar-refractivity contribution in [2.75, 3.05) is 7.11 Å². The van der Waals surface area contributed by atoms with Gasteiger partial charge in [0.25, 0.3) is 0 Å². The highest BCUT2D eigenvalue weighted by Crippen LogP contribution is 2.41. The Kier molecular flexibility index (Phi) is 4.89. The zero-order valence-electron chi connectivity index (χ0n) is 17.4. The molecule has 0 atom stereocenters. The number of carboxylic acids is 1. The van der Waals surface area contributed by atoms with E-state index in [0.717, 1.165) is 48.4 Å². The summed E-state index contributed by atoms with van der Waals surface area (Å²) in [5.74, 6) is -2.04. The Morgan fingerprint density at radius 3 is 2.69 bits per heavy atom. The number of carbonyl (C=O) groups is 1. The third-order valence-corrected chi connectivity index (χ3v) is 6.05. The molecular weight excluding hydrogens is 414 g/mol. The van der Waals surface area contributed by atoms with E-state index in [-0.39, 0.29) is 17.8 Å². The number of pyridine rings is 1. The molecule has 0 unspecified atom stereocenters. The lowest BCUT2D eigenvalue weighted by Crippen LogP contribution is -2.12. The van der Waals surface area contributed by atoms with Gasteiger partial charge in [0.1, 0.15) is 17.3 Å². The van der Waals surface area contributed by atoms with Gasteiger partial charge in [0.2, 0.25) is 5.88 Å². The maximum atomic E-state index is 14.5. The fraction of sp³-hybridized carbons (Fsp3) is 0.200. The first-order chi connectivity index (χ1) is 15.5. The van der Waals surface area contributed by atoms with E-state index in [1.54, 1.807) is 22.9 Å². The molecule has 1 aliphatic rings. The van der Waals surface area contributed by atoms with Crippen LogP contribution in [-0.4, -0.2) is 27.7 Å². The Labute approximate surface area is 182 Å². The molecule has 2 aromatic heterocycles. The minimum atomic E-state index is -1.17. The predicted octanol–water partition coefficient (Wildman–Crippen LogP) is 5.23. The van der Waals surface area contributed by atoms with Crippen molar-refractivity contribution in [3.05, 3.63) is 82.7 Å². The highest BCUT2D eigenvalue weighted by atomic mass is 19.1. The average Bonchev–Trinajstić information content (AvgIpc) is 3.36. The van der Waals surface area contributed by atoms with E-state index in [1.165, 1.54) is 12.7 Å². The van der Waals surface area contributed by atoms with Gasteiger partial charge in [-0.05, 0) is 72.9 Å². The molecule has 0 fully saturated rings. The number of rotatable bonds is 5. The van der Waals surface area contributed by atoms with Gasteiger partial charge < -0.3 is 14.4 Å². The fourth-order valence-electron chi connectivity index (χ4n) is 4.66. The predicted molar refractivity (Wildman–Crippen MR) is 116 cm³/mol. The highest BCUT2D eigenvalue weighted by Gasteiger charge is 2.28. The molecule has 2 heterocycles. The minimum Gasteiger partial charge on any atom is -0.481 e. The lowest BCUT2D eigenvalue weighted by atomic mass is 9.99. The van der Waals surface area contributed by atoms with E-state index < -0.39 is 17.6 Å². The van der Waals surface area contributed by atoms with E-state index in [1.807, 2.05) is 12.1 Å². The zero-order chi connectivity index (χ0) is 22.4. The summed E-state index contributed by atoms with van der Waals surface area (Å²) in [5.41, 5.74) is 4.05. The second-order valence-corrected chi connectivity index (χ2v) is 7.90. The highest BCUT2D eigenvalue weighted by molar-refractivity contribution is 6.09. The van der Waals surface area contributed by atoms with Gasteiger partial charge in [0, 0.05) is 33.8 Å². The summed E-state index contributed by atoms with van der Waals surface area (Å²) in [6.45, 7) is -0.122. The van der Waals surface area contributed by atoms with Crippen molar-refractivity contribution in [3.8, 4) is 17.0 Å². The number of carboxylic acid groups (broad SMARTS) is 1. The molecule has 0 amide bonds. The van der Waals surface area contributed by atoms with Crippen molar-refractivity contribution >= 4 is 16.9 Å². The van der Waals surface area contributed by atoms with E-state index in [2.05, 4.69) is 4.98 Å². The topological polar surface area (TPSA) is 64.3 Å². The summed E-state index contributed by atoms with van der Waals surface area (Å²) in [7, 11) is 1.48. The number of nitrogens with zero attached hydrogens (tertiary/aromatic N) is 2.